The minimum absolute atomic E-state index is 0.00359. The van der Waals surface area contributed by atoms with Gasteiger partial charge < -0.3 is 19.3 Å². The summed E-state index contributed by atoms with van der Waals surface area (Å²) in [4.78, 5) is 36.7. The van der Waals surface area contributed by atoms with Crippen molar-refractivity contribution in [2.75, 3.05) is 0 Å². The van der Waals surface area contributed by atoms with Crippen LogP contribution in [-0.4, -0.2) is 52.8 Å². The summed E-state index contributed by atoms with van der Waals surface area (Å²) >= 11 is 0. The van der Waals surface area contributed by atoms with Crippen molar-refractivity contribution in [3.63, 3.8) is 0 Å². The highest BCUT2D eigenvalue weighted by atomic mass is 16.6. The molecular formula is C19H24O7. The van der Waals surface area contributed by atoms with Crippen LogP contribution in [0.25, 0.3) is 0 Å². The summed E-state index contributed by atoms with van der Waals surface area (Å²) in [5, 5.41) is 10.9. The fourth-order valence-electron chi connectivity index (χ4n) is 3.57. The van der Waals surface area contributed by atoms with Crippen molar-refractivity contribution in [1.29, 1.82) is 0 Å². The lowest BCUT2D eigenvalue weighted by Crippen LogP contribution is -2.44. The van der Waals surface area contributed by atoms with Crippen molar-refractivity contribution in [3.05, 3.63) is 23.8 Å². The Morgan fingerprint density at radius 1 is 1.42 bits per heavy atom. The molecule has 26 heavy (non-hydrogen) atoms. The Morgan fingerprint density at radius 2 is 2.08 bits per heavy atom. The van der Waals surface area contributed by atoms with E-state index in [2.05, 4.69) is 6.58 Å². The minimum Gasteiger partial charge on any atom is -0.461 e. The number of epoxide rings is 1. The Balaban J connectivity index is 2.02. The molecule has 2 saturated heterocycles. The Bertz CT molecular complexity index is 703. The molecule has 3 rings (SSSR count). The number of carbonyl (C=O) groups excluding carboxylic acids is 3. The molecule has 0 bridgehead atoms. The molecule has 0 spiro atoms. The quantitative estimate of drug-likeness (QED) is 0.444. The van der Waals surface area contributed by atoms with Crippen LogP contribution in [0.5, 0.6) is 0 Å². The summed E-state index contributed by atoms with van der Waals surface area (Å²) in [7, 11) is 0. The van der Waals surface area contributed by atoms with Gasteiger partial charge in [0.15, 0.2) is 5.78 Å². The second-order valence-electron chi connectivity index (χ2n) is 7.80. The van der Waals surface area contributed by atoms with Gasteiger partial charge in [-0.05, 0) is 25.5 Å². The van der Waals surface area contributed by atoms with Crippen molar-refractivity contribution in [2.24, 2.45) is 11.8 Å². The molecule has 142 valence electrons. The molecule has 0 aromatic heterocycles. The molecular weight excluding hydrogens is 340 g/mol. The van der Waals surface area contributed by atoms with Crippen LogP contribution in [0.4, 0.5) is 0 Å². The molecule has 6 atom stereocenters. The number of rotatable bonds is 2. The first-order chi connectivity index (χ1) is 12.0. The number of ketones is 1. The van der Waals surface area contributed by atoms with Gasteiger partial charge >= 0.3 is 11.9 Å². The molecule has 7 heteroatoms. The van der Waals surface area contributed by atoms with E-state index >= 15 is 0 Å². The fraction of sp³-hybridized carbons (Fsp3) is 0.632. The Hall–Kier alpha value is -1.99. The topological polar surface area (TPSA) is 102 Å². The summed E-state index contributed by atoms with van der Waals surface area (Å²) in [5.74, 6) is -2.33. The zero-order chi connectivity index (χ0) is 19.4. The van der Waals surface area contributed by atoms with Crippen LogP contribution in [0.1, 0.15) is 34.1 Å². The normalized spacial score (nSPS) is 41.7. The van der Waals surface area contributed by atoms with E-state index in [0.717, 1.165) is 0 Å². The summed E-state index contributed by atoms with van der Waals surface area (Å²) in [6.07, 6.45) is -1.47. The number of hydrogen-bond acceptors (Lipinski definition) is 7. The van der Waals surface area contributed by atoms with E-state index in [1.807, 2.05) is 0 Å². The highest BCUT2D eigenvalue weighted by molar-refractivity contribution is 6.01. The number of carbonyl (C=O) groups is 3. The molecule has 7 nitrogen and oxygen atoms in total. The van der Waals surface area contributed by atoms with Gasteiger partial charge in [0.05, 0.1) is 17.4 Å². The lowest BCUT2D eigenvalue weighted by molar-refractivity contribution is -0.160. The predicted molar refractivity (Wildman–Crippen MR) is 89.9 cm³/mol. The monoisotopic (exact) mass is 364 g/mol. The minimum atomic E-state index is -1.41. The number of esters is 2. The summed E-state index contributed by atoms with van der Waals surface area (Å²) < 4.78 is 16.4. The molecule has 2 fully saturated rings. The number of aliphatic hydroxyl groups is 1. The van der Waals surface area contributed by atoms with Gasteiger partial charge in [-0.1, -0.05) is 20.4 Å². The third kappa shape index (κ3) is 3.21. The first-order valence-corrected chi connectivity index (χ1v) is 8.73. The molecule has 0 radical (unpaired) electrons. The zero-order valence-corrected chi connectivity index (χ0v) is 15.4. The maximum atomic E-state index is 12.4. The smallest absolute Gasteiger partial charge is 0.334 e. The van der Waals surface area contributed by atoms with Gasteiger partial charge in [-0.15, -0.1) is 0 Å². The molecule has 2 aliphatic heterocycles. The van der Waals surface area contributed by atoms with Crippen LogP contribution in [0.3, 0.4) is 0 Å². The first-order valence-electron chi connectivity index (χ1n) is 8.73. The van der Waals surface area contributed by atoms with Gasteiger partial charge in [0.2, 0.25) is 0 Å². The Kier molecular flexibility index (Phi) is 4.56. The molecule has 0 aromatic rings. The predicted octanol–water partition coefficient (Wildman–Crippen LogP) is 1.09. The van der Waals surface area contributed by atoms with E-state index in [1.54, 1.807) is 26.8 Å². The standard InChI is InChI=1S/C19H24O7/c1-8(2)17(21)25-12-7-19(5,23)16-15(26-16)14(20)9(3)6-11-13(12)10(4)18(22)24-11/h6,8,11-13,15-16,23H,4,7H2,1-3,5H3/b9-6+/t11-,12-,13+,15+,16-,19-/m1/s1. The van der Waals surface area contributed by atoms with Crippen LogP contribution in [-0.2, 0) is 28.6 Å². The summed E-state index contributed by atoms with van der Waals surface area (Å²) in [6, 6.07) is 0. The lowest BCUT2D eigenvalue weighted by Gasteiger charge is -2.32. The summed E-state index contributed by atoms with van der Waals surface area (Å²) in [6.45, 7) is 10.3. The van der Waals surface area contributed by atoms with Gasteiger partial charge in [-0.3, -0.25) is 9.59 Å². The van der Waals surface area contributed by atoms with E-state index < -0.39 is 47.9 Å². The van der Waals surface area contributed by atoms with Crippen LogP contribution < -0.4 is 0 Å². The van der Waals surface area contributed by atoms with Gasteiger partial charge in [0, 0.05) is 12.0 Å². The van der Waals surface area contributed by atoms with Gasteiger partial charge in [-0.2, -0.15) is 0 Å². The van der Waals surface area contributed by atoms with Crippen LogP contribution in [0.2, 0.25) is 0 Å². The maximum Gasteiger partial charge on any atom is 0.334 e. The van der Waals surface area contributed by atoms with Crippen molar-refractivity contribution < 1.29 is 33.7 Å². The van der Waals surface area contributed by atoms with Crippen molar-refractivity contribution >= 4 is 17.7 Å². The second kappa shape index (κ2) is 6.32. The highest BCUT2D eigenvalue weighted by Crippen LogP contribution is 2.43. The molecule has 3 aliphatic rings. The Labute approximate surface area is 152 Å². The second-order valence-corrected chi connectivity index (χ2v) is 7.80. The summed E-state index contributed by atoms with van der Waals surface area (Å²) in [5.41, 5.74) is -0.865. The van der Waals surface area contributed by atoms with Gasteiger partial charge in [0.25, 0.3) is 0 Å². The highest BCUT2D eigenvalue weighted by Gasteiger charge is 2.58. The molecule has 1 aliphatic carbocycles. The molecule has 0 amide bonds. The molecule has 0 aromatic carbocycles. The number of fused-ring (bicyclic) bond motifs is 2. The molecule has 0 unspecified atom stereocenters. The maximum absolute atomic E-state index is 12.4. The molecule has 0 saturated carbocycles. The van der Waals surface area contributed by atoms with E-state index in [0.29, 0.717) is 5.57 Å². The number of hydrogen-bond donors (Lipinski definition) is 1. The molecule has 2 heterocycles. The first kappa shape index (κ1) is 18.8. The third-order valence-electron chi connectivity index (χ3n) is 5.18. The van der Waals surface area contributed by atoms with E-state index in [1.165, 1.54) is 6.92 Å². The van der Waals surface area contributed by atoms with E-state index in [-0.39, 0.29) is 23.7 Å². The average molecular weight is 364 g/mol. The van der Waals surface area contributed by atoms with Crippen molar-refractivity contribution in [3.8, 4) is 0 Å². The van der Waals surface area contributed by atoms with Gasteiger partial charge in [0.1, 0.15) is 24.4 Å². The van der Waals surface area contributed by atoms with Gasteiger partial charge in [-0.25, -0.2) is 4.79 Å². The van der Waals surface area contributed by atoms with Crippen LogP contribution in [0.15, 0.2) is 23.8 Å². The third-order valence-corrected chi connectivity index (χ3v) is 5.18. The van der Waals surface area contributed by atoms with E-state index in [9.17, 15) is 19.5 Å². The molecule has 1 N–H and O–H groups in total. The van der Waals surface area contributed by atoms with Crippen LogP contribution >= 0.6 is 0 Å². The van der Waals surface area contributed by atoms with E-state index in [4.69, 9.17) is 14.2 Å². The SMILES string of the molecule is C=C1C(=O)O[C@@H]2/C=C(\C)C(=O)[C@@H]3O[C@H]3[C@](C)(O)C[C@@H](OC(=O)C(C)C)[C@@H]12. The van der Waals surface area contributed by atoms with Crippen molar-refractivity contribution in [1.82, 2.24) is 0 Å². The zero-order valence-electron chi connectivity index (χ0n) is 15.4. The number of Topliss-reactive ketones (excluding diaryl/α,β-unsaturated/α-hetero) is 1. The van der Waals surface area contributed by atoms with Crippen molar-refractivity contribution in [2.45, 2.75) is 64.1 Å². The number of ether oxygens (including phenoxy) is 3. The largest absolute Gasteiger partial charge is 0.461 e. The average Bonchev–Trinajstić information content (AvgIpc) is 3.29. The van der Waals surface area contributed by atoms with Crippen LogP contribution in [0, 0.1) is 11.8 Å². The Morgan fingerprint density at radius 3 is 2.69 bits per heavy atom. The fourth-order valence-corrected chi connectivity index (χ4v) is 3.57. The lowest BCUT2D eigenvalue weighted by atomic mass is 9.80.